The molecule has 1 aromatic carbocycles. The van der Waals surface area contributed by atoms with E-state index in [1.165, 1.54) is 44.9 Å². The van der Waals surface area contributed by atoms with Gasteiger partial charge in [0, 0.05) is 0 Å². The molecular formula is C16H26O3. The van der Waals surface area contributed by atoms with Crippen molar-refractivity contribution in [1.29, 1.82) is 0 Å². The lowest BCUT2D eigenvalue weighted by Crippen LogP contribution is -1.96. The van der Waals surface area contributed by atoms with E-state index in [1.54, 1.807) is 0 Å². The third-order valence-corrected chi connectivity index (χ3v) is 2.76. The van der Waals surface area contributed by atoms with Crippen LogP contribution in [0.5, 0.6) is 5.75 Å². The van der Waals surface area contributed by atoms with Crippen molar-refractivity contribution < 1.29 is 14.6 Å². The number of hydrogen-bond donors (Lipinski definition) is 1. The van der Waals surface area contributed by atoms with Crippen molar-refractivity contribution in [2.75, 3.05) is 6.61 Å². The zero-order chi connectivity index (χ0) is 14.2. The summed E-state index contributed by atoms with van der Waals surface area (Å²) < 4.78 is 5.63. The smallest absolute Gasteiger partial charge is 0.290 e. The highest BCUT2D eigenvalue weighted by Gasteiger charge is 1.93. The quantitative estimate of drug-likeness (QED) is 0.528. The summed E-state index contributed by atoms with van der Waals surface area (Å²) in [6.45, 7) is 2.87. The van der Waals surface area contributed by atoms with E-state index in [2.05, 4.69) is 6.92 Å². The molecule has 0 aliphatic heterocycles. The fourth-order valence-electron chi connectivity index (χ4n) is 1.77. The van der Waals surface area contributed by atoms with E-state index >= 15 is 0 Å². The molecule has 0 heterocycles. The molecule has 1 aromatic rings. The summed E-state index contributed by atoms with van der Waals surface area (Å²) in [5.41, 5.74) is 0. The number of para-hydroxylation sites is 1. The van der Waals surface area contributed by atoms with Crippen molar-refractivity contribution in [2.24, 2.45) is 0 Å². The van der Waals surface area contributed by atoms with Crippen molar-refractivity contribution in [2.45, 2.75) is 51.9 Å². The molecule has 19 heavy (non-hydrogen) atoms. The second-order valence-corrected chi connectivity index (χ2v) is 4.39. The number of ether oxygens (including phenoxy) is 1. The van der Waals surface area contributed by atoms with Crippen LogP contribution in [0.15, 0.2) is 30.3 Å². The maximum atomic E-state index is 8.36. The van der Waals surface area contributed by atoms with Crippen molar-refractivity contribution in [3.8, 4) is 5.75 Å². The molecule has 3 nitrogen and oxygen atoms in total. The van der Waals surface area contributed by atoms with Crippen molar-refractivity contribution in [3.05, 3.63) is 30.3 Å². The minimum Gasteiger partial charge on any atom is -0.494 e. The van der Waals surface area contributed by atoms with Gasteiger partial charge in [-0.3, -0.25) is 4.79 Å². The molecule has 0 unspecified atom stereocenters. The van der Waals surface area contributed by atoms with Gasteiger partial charge in [-0.25, -0.2) is 0 Å². The maximum Gasteiger partial charge on any atom is 0.290 e. The second-order valence-electron chi connectivity index (χ2n) is 4.39. The number of hydrogen-bond acceptors (Lipinski definition) is 2. The van der Waals surface area contributed by atoms with Gasteiger partial charge in [0.2, 0.25) is 0 Å². The van der Waals surface area contributed by atoms with Gasteiger partial charge in [-0.1, -0.05) is 63.6 Å². The summed E-state index contributed by atoms with van der Waals surface area (Å²) in [7, 11) is 0. The Balaban J connectivity index is 0.000000982. The van der Waals surface area contributed by atoms with Crippen LogP contribution >= 0.6 is 0 Å². The molecule has 0 aromatic heterocycles. The van der Waals surface area contributed by atoms with E-state index in [0.29, 0.717) is 0 Å². The third-order valence-electron chi connectivity index (χ3n) is 2.76. The fourth-order valence-corrected chi connectivity index (χ4v) is 1.77. The van der Waals surface area contributed by atoms with Gasteiger partial charge < -0.3 is 9.84 Å². The van der Waals surface area contributed by atoms with Gasteiger partial charge in [0.05, 0.1) is 6.61 Å². The molecule has 0 saturated carbocycles. The molecule has 0 saturated heterocycles. The van der Waals surface area contributed by atoms with Crippen molar-refractivity contribution in [1.82, 2.24) is 0 Å². The van der Waals surface area contributed by atoms with Crippen LogP contribution in [-0.4, -0.2) is 18.2 Å². The number of carbonyl (C=O) groups is 1. The van der Waals surface area contributed by atoms with Gasteiger partial charge in [0.25, 0.3) is 6.47 Å². The molecular weight excluding hydrogens is 240 g/mol. The van der Waals surface area contributed by atoms with E-state index in [0.717, 1.165) is 12.4 Å². The van der Waals surface area contributed by atoms with Gasteiger partial charge in [-0.2, -0.15) is 0 Å². The zero-order valence-electron chi connectivity index (χ0n) is 11.9. The van der Waals surface area contributed by atoms with Crippen LogP contribution in [0.3, 0.4) is 0 Å². The lowest BCUT2D eigenvalue weighted by Gasteiger charge is -2.05. The highest BCUT2D eigenvalue weighted by molar-refractivity contribution is 5.32. The lowest BCUT2D eigenvalue weighted by atomic mass is 10.1. The summed E-state index contributed by atoms with van der Waals surface area (Å²) in [5.74, 6) is 0.994. The van der Waals surface area contributed by atoms with Crippen LogP contribution in [0.25, 0.3) is 0 Å². The molecule has 0 atom stereocenters. The molecule has 1 N–H and O–H groups in total. The number of carboxylic acid groups (broad SMARTS) is 1. The van der Waals surface area contributed by atoms with Crippen LogP contribution < -0.4 is 4.74 Å². The van der Waals surface area contributed by atoms with Crippen LogP contribution in [-0.2, 0) is 4.79 Å². The van der Waals surface area contributed by atoms with E-state index in [-0.39, 0.29) is 6.47 Å². The molecule has 0 amide bonds. The number of benzene rings is 1. The largest absolute Gasteiger partial charge is 0.494 e. The number of unbranched alkanes of at least 4 members (excludes halogenated alkanes) is 6. The normalized spacial score (nSPS) is 9.32. The molecule has 0 radical (unpaired) electrons. The Labute approximate surface area is 116 Å². The minimum atomic E-state index is -0.250. The summed E-state index contributed by atoms with van der Waals surface area (Å²) in [6.07, 6.45) is 9.35. The molecule has 1 rings (SSSR count). The molecule has 108 valence electrons. The van der Waals surface area contributed by atoms with E-state index in [9.17, 15) is 0 Å². The maximum absolute atomic E-state index is 8.36. The Morgan fingerprint density at radius 3 is 2.11 bits per heavy atom. The molecule has 0 fully saturated rings. The Morgan fingerprint density at radius 2 is 1.53 bits per heavy atom. The molecule has 0 spiro atoms. The van der Waals surface area contributed by atoms with Gasteiger partial charge in [-0.05, 0) is 18.6 Å². The van der Waals surface area contributed by atoms with Crippen LogP contribution in [0, 0.1) is 0 Å². The van der Waals surface area contributed by atoms with Gasteiger partial charge in [0.1, 0.15) is 5.75 Å². The Morgan fingerprint density at radius 1 is 1.00 bits per heavy atom. The average molecular weight is 266 g/mol. The monoisotopic (exact) mass is 266 g/mol. The first-order chi connectivity index (χ1) is 9.35. The first kappa shape index (κ1) is 17.5. The molecule has 3 heteroatoms. The average Bonchev–Trinajstić information content (AvgIpc) is 2.44. The SMILES string of the molecule is CCCCCCCCCOc1ccccc1.O=CO. The summed E-state index contributed by atoms with van der Waals surface area (Å²) in [4.78, 5) is 8.36. The molecule has 0 aliphatic carbocycles. The Hall–Kier alpha value is -1.51. The van der Waals surface area contributed by atoms with E-state index in [4.69, 9.17) is 14.6 Å². The first-order valence-corrected chi connectivity index (χ1v) is 7.10. The third kappa shape index (κ3) is 12.7. The highest BCUT2D eigenvalue weighted by Crippen LogP contribution is 2.10. The fraction of sp³-hybridized carbons (Fsp3) is 0.562. The van der Waals surface area contributed by atoms with Crippen LogP contribution in [0.2, 0.25) is 0 Å². The van der Waals surface area contributed by atoms with Gasteiger partial charge in [0.15, 0.2) is 0 Å². The highest BCUT2D eigenvalue weighted by atomic mass is 16.5. The Bertz CT molecular complexity index is 285. The molecule has 0 bridgehead atoms. The second kappa shape index (κ2) is 14.6. The Kier molecular flexibility index (Phi) is 13.4. The van der Waals surface area contributed by atoms with E-state index in [1.807, 2.05) is 30.3 Å². The molecule has 0 aliphatic rings. The summed E-state index contributed by atoms with van der Waals surface area (Å²) in [5, 5.41) is 6.89. The topological polar surface area (TPSA) is 46.5 Å². The standard InChI is InChI=1S/C15H24O.CH2O2/c1-2-3-4-5-6-7-11-14-16-15-12-9-8-10-13-15;2-1-3/h8-10,12-13H,2-7,11,14H2,1H3;1H,(H,2,3). The van der Waals surface area contributed by atoms with Gasteiger partial charge >= 0.3 is 0 Å². The summed E-state index contributed by atoms with van der Waals surface area (Å²) in [6, 6.07) is 10.1. The zero-order valence-corrected chi connectivity index (χ0v) is 11.9. The predicted octanol–water partition coefficient (Wildman–Crippen LogP) is 4.52. The predicted molar refractivity (Wildman–Crippen MR) is 78.6 cm³/mol. The van der Waals surface area contributed by atoms with Crippen LogP contribution in [0.1, 0.15) is 51.9 Å². The van der Waals surface area contributed by atoms with Gasteiger partial charge in [-0.15, -0.1) is 0 Å². The number of rotatable bonds is 9. The van der Waals surface area contributed by atoms with Crippen LogP contribution in [0.4, 0.5) is 0 Å². The lowest BCUT2D eigenvalue weighted by molar-refractivity contribution is -0.122. The van der Waals surface area contributed by atoms with Crippen molar-refractivity contribution >= 4 is 6.47 Å². The minimum absolute atomic E-state index is 0.250. The first-order valence-electron chi connectivity index (χ1n) is 7.10. The van der Waals surface area contributed by atoms with Crippen molar-refractivity contribution in [3.63, 3.8) is 0 Å². The van der Waals surface area contributed by atoms with E-state index < -0.39 is 0 Å². The summed E-state index contributed by atoms with van der Waals surface area (Å²) >= 11 is 0.